The summed E-state index contributed by atoms with van der Waals surface area (Å²) < 4.78 is 40.1. The molecule has 1 unspecified atom stereocenters. The van der Waals surface area contributed by atoms with Crippen molar-refractivity contribution < 1.29 is 21.7 Å². The van der Waals surface area contributed by atoms with Crippen molar-refractivity contribution >= 4 is 28.5 Å². The zero-order valence-corrected chi connectivity index (χ0v) is 15.9. The maximum absolute atomic E-state index is 11.3. The number of rotatable bonds is 9. The Morgan fingerprint density at radius 3 is 1.95 bits per heavy atom. The van der Waals surface area contributed by atoms with Gasteiger partial charge in [-0.1, -0.05) is 19.1 Å². The molecule has 0 aliphatic carbocycles. The van der Waals surface area contributed by atoms with Gasteiger partial charge in [0.2, 0.25) is 0 Å². The summed E-state index contributed by atoms with van der Waals surface area (Å²) in [5.41, 5.74) is 0.841. The van der Waals surface area contributed by atoms with Gasteiger partial charge in [-0.3, -0.25) is 0 Å². The van der Waals surface area contributed by atoms with Crippen LogP contribution in [0.1, 0.15) is 39.4 Å². The highest BCUT2D eigenvalue weighted by Crippen LogP contribution is 2.27. The first-order chi connectivity index (χ1) is 10.3. The largest absolute Gasteiger partial charge is 0.501 e. The molecule has 0 N–H and O–H groups in total. The zero-order chi connectivity index (χ0) is 16.8. The summed E-state index contributed by atoms with van der Waals surface area (Å²) in [7, 11) is -1.11. The molecule has 5 nitrogen and oxygen atoms in total. The molecule has 0 saturated heterocycles. The van der Waals surface area contributed by atoms with E-state index in [1.807, 2.05) is 27.7 Å². The van der Waals surface area contributed by atoms with Crippen LogP contribution >= 0.6 is 10.7 Å². The number of hydrogen-bond donors (Lipinski definition) is 0. The van der Waals surface area contributed by atoms with Gasteiger partial charge in [-0.25, -0.2) is 8.42 Å². The highest BCUT2D eigenvalue weighted by molar-refractivity contribution is 8.13. The first kappa shape index (κ1) is 19.6. The van der Waals surface area contributed by atoms with Crippen LogP contribution < -0.4 is 0 Å². The van der Waals surface area contributed by atoms with Crippen molar-refractivity contribution in [3.63, 3.8) is 0 Å². The summed E-state index contributed by atoms with van der Waals surface area (Å²) in [4.78, 5) is 0.0683. The summed E-state index contributed by atoms with van der Waals surface area (Å²) in [5.74, 6) is 0. The minimum atomic E-state index is -3.71. The molecule has 0 bridgehead atoms. The van der Waals surface area contributed by atoms with Gasteiger partial charge in [-0.15, -0.1) is 0 Å². The maximum Gasteiger partial charge on any atom is 0.501 e. The fourth-order valence-electron chi connectivity index (χ4n) is 2.08. The van der Waals surface area contributed by atoms with E-state index < -0.39 is 17.9 Å². The third kappa shape index (κ3) is 5.33. The Hall–Kier alpha value is -0.443. The molecule has 1 rings (SSSR count). The first-order valence-electron chi connectivity index (χ1n) is 7.28. The van der Waals surface area contributed by atoms with E-state index in [4.69, 9.17) is 24.0 Å². The Labute approximate surface area is 138 Å². The van der Waals surface area contributed by atoms with Crippen molar-refractivity contribution in [1.29, 1.82) is 0 Å². The lowest BCUT2D eigenvalue weighted by Gasteiger charge is -2.31. The molecule has 0 saturated carbocycles. The van der Waals surface area contributed by atoms with E-state index in [9.17, 15) is 8.42 Å². The predicted octanol–water partition coefficient (Wildman–Crippen LogP) is 3.72. The third-order valence-corrected chi connectivity index (χ3v) is 7.55. The molecule has 0 heterocycles. The van der Waals surface area contributed by atoms with Gasteiger partial charge in [0.15, 0.2) is 0 Å². The standard InChI is InChI=1S/C14H23ClO5SSi/c1-5-18-22(7-3,19-6-2)20-12(4)13-8-10-14(11-9-13)21(15,16)17/h8-12H,5-7H2,1-4H3. The van der Waals surface area contributed by atoms with Crippen LogP contribution in [0.25, 0.3) is 0 Å². The summed E-state index contributed by atoms with van der Waals surface area (Å²) in [6.07, 6.45) is -0.267. The van der Waals surface area contributed by atoms with Crippen molar-refractivity contribution in [2.24, 2.45) is 0 Å². The average Bonchev–Trinajstić information content (AvgIpc) is 2.47. The van der Waals surface area contributed by atoms with E-state index in [-0.39, 0.29) is 11.0 Å². The second kappa shape index (κ2) is 8.42. The lowest BCUT2D eigenvalue weighted by Crippen LogP contribution is -2.45. The Morgan fingerprint density at radius 1 is 1.09 bits per heavy atom. The van der Waals surface area contributed by atoms with E-state index in [1.165, 1.54) is 12.1 Å². The lowest BCUT2D eigenvalue weighted by molar-refractivity contribution is 0.0388. The van der Waals surface area contributed by atoms with Gasteiger partial charge >= 0.3 is 8.80 Å². The monoisotopic (exact) mass is 366 g/mol. The second-order valence-electron chi connectivity index (χ2n) is 4.67. The molecule has 1 atom stereocenters. The van der Waals surface area contributed by atoms with Gasteiger partial charge in [-0.05, 0) is 38.5 Å². The van der Waals surface area contributed by atoms with Gasteiger partial charge in [0.05, 0.1) is 11.0 Å². The van der Waals surface area contributed by atoms with Gasteiger partial charge in [0.25, 0.3) is 9.05 Å². The molecule has 22 heavy (non-hydrogen) atoms. The molecule has 0 fully saturated rings. The summed E-state index contributed by atoms with van der Waals surface area (Å²) in [6.45, 7) is 8.73. The van der Waals surface area contributed by atoms with Gasteiger partial charge in [0.1, 0.15) is 0 Å². The van der Waals surface area contributed by atoms with Crippen LogP contribution in [-0.4, -0.2) is 30.4 Å². The van der Waals surface area contributed by atoms with Crippen molar-refractivity contribution in [2.45, 2.75) is 44.7 Å². The van der Waals surface area contributed by atoms with Crippen molar-refractivity contribution in [1.82, 2.24) is 0 Å². The fourth-order valence-corrected chi connectivity index (χ4v) is 5.19. The molecule has 8 heteroatoms. The number of halogens is 1. The molecule has 0 spiro atoms. The fraction of sp³-hybridized carbons (Fsp3) is 0.571. The van der Waals surface area contributed by atoms with E-state index in [1.54, 1.807) is 12.1 Å². The van der Waals surface area contributed by atoms with Gasteiger partial charge < -0.3 is 13.3 Å². The average molecular weight is 367 g/mol. The second-order valence-corrected chi connectivity index (χ2v) is 10.1. The third-order valence-electron chi connectivity index (χ3n) is 3.15. The van der Waals surface area contributed by atoms with Crippen molar-refractivity contribution in [3.8, 4) is 0 Å². The predicted molar refractivity (Wildman–Crippen MR) is 88.5 cm³/mol. The van der Waals surface area contributed by atoms with E-state index in [0.29, 0.717) is 19.3 Å². The van der Waals surface area contributed by atoms with E-state index in [2.05, 4.69) is 0 Å². The molecule has 0 aliphatic rings. The SMILES string of the molecule is CCO[Si](CC)(OCC)OC(C)c1ccc(S(=O)(=O)Cl)cc1. The van der Waals surface area contributed by atoms with Crippen LogP contribution in [0, 0.1) is 0 Å². The van der Waals surface area contributed by atoms with E-state index in [0.717, 1.165) is 5.56 Å². The zero-order valence-electron chi connectivity index (χ0n) is 13.3. The quantitative estimate of drug-likeness (QED) is 0.492. The van der Waals surface area contributed by atoms with Crippen LogP contribution in [0.5, 0.6) is 0 Å². The van der Waals surface area contributed by atoms with Crippen LogP contribution in [-0.2, 0) is 22.3 Å². The molecule has 126 valence electrons. The van der Waals surface area contributed by atoms with E-state index >= 15 is 0 Å². The minimum absolute atomic E-state index is 0.0683. The van der Waals surface area contributed by atoms with Crippen LogP contribution in [0.2, 0.25) is 6.04 Å². The van der Waals surface area contributed by atoms with Crippen molar-refractivity contribution in [3.05, 3.63) is 29.8 Å². The van der Waals surface area contributed by atoms with Gasteiger partial charge in [-0.2, -0.15) is 0 Å². The summed E-state index contributed by atoms with van der Waals surface area (Å²) in [6, 6.07) is 6.98. The lowest BCUT2D eigenvalue weighted by atomic mass is 10.1. The smallest absolute Gasteiger partial charge is 0.374 e. The first-order valence-corrected chi connectivity index (χ1v) is 11.5. The normalized spacial score (nSPS) is 14.0. The molecule has 0 aliphatic heterocycles. The van der Waals surface area contributed by atoms with Crippen LogP contribution in [0.4, 0.5) is 0 Å². The highest BCUT2D eigenvalue weighted by atomic mass is 35.7. The molecule has 0 radical (unpaired) electrons. The number of hydrogen-bond acceptors (Lipinski definition) is 5. The topological polar surface area (TPSA) is 61.8 Å². The Balaban J connectivity index is 2.92. The molecule has 1 aromatic carbocycles. The summed E-state index contributed by atoms with van der Waals surface area (Å²) >= 11 is 0. The highest BCUT2D eigenvalue weighted by Gasteiger charge is 2.40. The molecule has 1 aromatic rings. The van der Waals surface area contributed by atoms with Crippen LogP contribution in [0.3, 0.4) is 0 Å². The molecule has 0 aromatic heterocycles. The van der Waals surface area contributed by atoms with Crippen molar-refractivity contribution in [2.75, 3.05) is 13.2 Å². The molecule has 0 amide bonds. The van der Waals surface area contributed by atoms with Gasteiger partial charge in [0, 0.05) is 29.9 Å². The maximum atomic E-state index is 11.3. The summed E-state index contributed by atoms with van der Waals surface area (Å²) in [5, 5.41) is 0. The Kier molecular flexibility index (Phi) is 7.50. The minimum Gasteiger partial charge on any atom is -0.374 e. The van der Waals surface area contributed by atoms with Crippen LogP contribution in [0.15, 0.2) is 29.2 Å². The molecular formula is C14H23ClO5SSi. The number of benzene rings is 1. The molecular weight excluding hydrogens is 344 g/mol. The Morgan fingerprint density at radius 2 is 1.59 bits per heavy atom. The Bertz CT molecular complexity index is 555.